The van der Waals surface area contributed by atoms with E-state index >= 15 is 0 Å². The summed E-state index contributed by atoms with van der Waals surface area (Å²) in [6, 6.07) is 14.3. The normalized spacial score (nSPS) is 11.3. The number of thiocarbonyl (C=S) groups is 1. The molecule has 154 valence electrons. The van der Waals surface area contributed by atoms with E-state index in [1.54, 1.807) is 43.3 Å². The summed E-state index contributed by atoms with van der Waals surface area (Å²) < 4.78 is 5.71. The lowest BCUT2D eigenvalue weighted by atomic mass is 10.1. The molecule has 2 aromatic rings. The molecule has 0 saturated heterocycles. The highest BCUT2D eigenvalue weighted by Crippen LogP contribution is 2.15. The Hall–Kier alpha value is -2.93. The molecule has 0 spiro atoms. The second-order valence-corrected chi connectivity index (χ2v) is 7.34. The molecule has 1 atom stereocenters. The van der Waals surface area contributed by atoms with Crippen LogP contribution in [0.2, 0.25) is 0 Å². The summed E-state index contributed by atoms with van der Waals surface area (Å²) in [4.78, 5) is 25.7. The fraction of sp³-hybridized carbons (Fsp3) is 0.318. The largest absolute Gasteiger partial charge is 0.491 e. The van der Waals surface area contributed by atoms with E-state index in [0.29, 0.717) is 12.0 Å². The number of carbonyl (C=O) groups is 2. The number of hydrogen-bond donors (Lipinski definition) is 2. The van der Waals surface area contributed by atoms with Crippen LogP contribution < -0.4 is 15.4 Å². The number of hydrogen-bond acceptors (Lipinski definition) is 4. The van der Waals surface area contributed by atoms with Crippen molar-refractivity contribution in [3.05, 3.63) is 59.7 Å². The monoisotopic (exact) mass is 413 g/mol. The topological polar surface area (TPSA) is 70.7 Å². The quantitative estimate of drug-likeness (QED) is 0.679. The summed E-state index contributed by atoms with van der Waals surface area (Å²) in [5.41, 5.74) is 2.13. The fourth-order valence-electron chi connectivity index (χ4n) is 2.38. The first-order valence-electron chi connectivity index (χ1n) is 9.46. The van der Waals surface area contributed by atoms with Crippen molar-refractivity contribution in [2.75, 3.05) is 19.4 Å². The van der Waals surface area contributed by atoms with Crippen LogP contribution in [0.5, 0.6) is 5.75 Å². The molecule has 2 amide bonds. The maximum Gasteiger partial charge on any atom is 0.257 e. The summed E-state index contributed by atoms with van der Waals surface area (Å²) in [7, 11) is 3.46. The van der Waals surface area contributed by atoms with Gasteiger partial charge in [-0.2, -0.15) is 0 Å². The number of nitrogens with zero attached hydrogens (tertiary/aromatic N) is 1. The zero-order valence-electron chi connectivity index (χ0n) is 17.2. The van der Waals surface area contributed by atoms with Crippen LogP contribution in [0.25, 0.3) is 0 Å². The van der Waals surface area contributed by atoms with Crippen LogP contribution in [-0.4, -0.2) is 42.0 Å². The number of amides is 2. The first-order valence-corrected chi connectivity index (χ1v) is 9.87. The van der Waals surface area contributed by atoms with Crippen molar-refractivity contribution in [1.29, 1.82) is 0 Å². The van der Waals surface area contributed by atoms with Crippen LogP contribution in [0.3, 0.4) is 0 Å². The molecule has 0 heterocycles. The molecule has 6 nitrogen and oxygen atoms in total. The zero-order valence-corrected chi connectivity index (χ0v) is 18.0. The molecule has 0 bridgehead atoms. The molecule has 0 fully saturated rings. The average molecular weight is 414 g/mol. The van der Waals surface area contributed by atoms with Crippen molar-refractivity contribution in [3.8, 4) is 5.75 Å². The Labute approximate surface area is 177 Å². The van der Waals surface area contributed by atoms with Crippen LogP contribution in [0.15, 0.2) is 48.5 Å². The molecule has 29 heavy (non-hydrogen) atoms. The first-order chi connectivity index (χ1) is 13.8. The van der Waals surface area contributed by atoms with E-state index in [9.17, 15) is 9.59 Å². The highest BCUT2D eigenvalue weighted by molar-refractivity contribution is 7.80. The van der Waals surface area contributed by atoms with Gasteiger partial charge in [0.2, 0.25) is 5.91 Å². The van der Waals surface area contributed by atoms with Gasteiger partial charge in [-0.1, -0.05) is 19.1 Å². The lowest BCUT2D eigenvalue weighted by Gasteiger charge is -2.13. The van der Waals surface area contributed by atoms with E-state index in [4.69, 9.17) is 17.0 Å². The SMILES string of the molecule is CCC(C)Oc1ccc(C(=O)NC(=S)Nc2ccc(CC(=O)N(C)C)cc2)cc1. The van der Waals surface area contributed by atoms with E-state index in [-0.39, 0.29) is 23.0 Å². The summed E-state index contributed by atoms with van der Waals surface area (Å²) in [6.07, 6.45) is 1.37. The van der Waals surface area contributed by atoms with Gasteiger partial charge in [0.1, 0.15) is 5.75 Å². The highest BCUT2D eigenvalue weighted by Gasteiger charge is 2.10. The number of nitrogens with one attached hydrogen (secondary N) is 2. The van der Waals surface area contributed by atoms with Crippen LogP contribution in [-0.2, 0) is 11.2 Å². The van der Waals surface area contributed by atoms with Crippen LogP contribution in [0.4, 0.5) is 5.69 Å². The van der Waals surface area contributed by atoms with Crippen molar-refractivity contribution in [2.24, 2.45) is 0 Å². The highest BCUT2D eigenvalue weighted by atomic mass is 32.1. The predicted molar refractivity (Wildman–Crippen MR) is 119 cm³/mol. The third-order valence-corrected chi connectivity index (χ3v) is 4.53. The minimum atomic E-state index is -0.300. The Balaban J connectivity index is 1.88. The second kappa shape index (κ2) is 10.6. The third kappa shape index (κ3) is 7.19. The van der Waals surface area contributed by atoms with Crippen molar-refractivity contribution >= 4 is 34.8 Å². The van der Waals surface area contributed by atoms with E-state index in [1.165, 1.54) is 0 Å². The van der Waals surface area contributed by atoms with Gasteiger partial charge in [-0.25, -0.2) is 0 Å². The minimum absolute atomic E-state index is 0.0362. The van der Waals surface area contributed by atoms with Gasteiger partial charge < -0.3 is 15.0 Å². The molecular formula is C22H27N3O3S. The molecule has 0 aliphatic rings. The Kier molecular flexibility index (Phi) is 8.15. The molecule has 0 saturated carbocycles. The molecule has 7 heteroatoms. The Morgan fingerprint density at radius 3 is 2.24 bits per heavy atom. The number of likely N-dealkylation sites (N-methyl/N-ethyl adjacent to an activating group) is 1. The number of benzene rings is 2. The lowest BCUT2D eigenvalue weighted by Crippen LogP contribution is -2.34. The fourth-order valence-corrected chi connectivity index (χ4v) is 2.59. The number of carbonyl (C=O) groups excluding carboxylic acids is 2. The maximum atomic E-state index is 12.4. The van der Waals surface area contributed by atoms with E-state index in [0.717, 1.165) is 23.4 Å². The van der Waals surface area contributed by atoms with Gasteiger partial charge in [0.05, 0.1) is 12.5 Å². The van der Waals surface area contributed by atoms with Crippen molar-refractivity contribution in [1.82, 2.24) is 10.2 Å². The maximum absolute atomic E-state index is 12.4. The van der Waals surface area contributed by atoms with E-state index < -0.39 is 0 Å². The van der Waals surface area contributed by atoms with E-state index in [1.807, 2.05) is 31.2 Å². The zero-order chi connectivity index (χ0) is 21.4. The molecule has 2 N–H and O–H groups in total. The van der Waals surface area contributed by atoms with Crippen molar-refractivity contribution < 1.29 is 14.3 Å². The first kappa shape index (κ1) is 22.4. The lowest BCUT2D eigenvalue weighted by molar-refractivity contribution is -0.127. The summed E-state index contributed by atoms with van der Waals surface area (Å²) in [5.74, 6) is 0.462. The molecule has 2 aromatic carbocycles. The van der Waals surface area contributed by atoms with Crippen molar-refractivity contribution in [2.45, 2.75) is 32.8 Å². The minimum Gasteiger partial charge on any atom is -0.491 e. The number of anilines is 1. The van der Waals surface area contributed by atoms with Gasteiger partial charge in [-0.15, -0.1) is 0 Å². The van der Waals surface area contributed by atoms with Gasteiger partial charge in [0, 0.05) is 25.3 Å². The summed E-state index contributed by atoms with van der Waals surface area (Å²) >= 11 is 5.22. The Morgan fingerprint density at radius 2 is 1.69 bits per heavy atom. The standard InChI is InChI=1S/C22H27N3O3S/c1-5-15(2)28-19-12-8-17(9-13-19)21(27)24-22(29)23-18-10-6-16(7-11-18)14-20(26)25(3)4/h6-13,15H,5,14H2,1-4H3,(H2,23,24,27,29). The molecule has 0 aromatic heterocycles. The van der Waals surface area contributed by atoms with Gasteiger partial charge in [0.25, 0.3) is 5.91 Å². The molecule has 0 aliphatic heterocycles. The second-order valence-electron chi connectivity index (χ2n) is 6.93. The third-order valence-electron chi connectivity index (χ3n) is 4.32. The molecule has 2 rings (SSSR count). The number of ether oxygens (including phenoxy) is 1. The molecule has 0 radical (unpaired) electrons. The summed E-state index contributed by atoms with van der Waals surface area (Å²) in [5, 5.41) is 5.83. The van der Waals surface area contributed by atoms with Gasteiger partial charge in [0.15, 0.2) is 5.11 Å². The smallest absolute Gasteiger partial charge is 0.257 e. The number of rotatable bonds is 7. The summed E-state index contributed by atoms with van der Waals surface area (Å²) in [6.45, 7) is 4.05. The van der Waals surface area contributed by atoms with Crippen LogP contribution in [0.1, 0.15) is 36.2 Å². The van der Waals surface area contributed by atoms with Gasteiger partial charge >= 0.3 is 0 Å². The average Bonchev–Trinajstić information content (AvgIpc) is 2.69. The Morgan fingerprint density at radius 1 is 1.07 bits per heavy atom. The van der Waals surface area contributed by atoms with Crippen molar-refractivity contribution in [3.63, 3.8) is 0 Å². The molecular weight excluding hydrogens is 386 g/mol. The molecule has 1 unspecified atom stereocenters. The van der Waals surface area contributed by atoms with Crippen LogP contribution in [0, 0.1) is 0 Å². The predicted octanol–water partition coefficient (Wildman–Crippen LogP) is 3.62. The molecule has 0 aliphatic carbocycles. The van der Waals surface area contributed by atoms with Crippen LogP contribution >= 0.6 is 12.2 Å². The van der Waals surface area contributed by atoms with Gasteiger partial charge in [-0.3, -0.25) is 14.9 Å². The van der Waals surface area contributed by atoms with E-state index in [2.05, 4.69) is 17.6 Å². The Bertz CT molecular complexity index is 849. The van der Waals surface area contributed by atoms with Gasteiger partial charge in [-0.05, 0) is 67.5 Å².